The normalized spacial score (nSPS) is 11.7. The van der Waals surface area contributed by atoms with Crippen molar-refractivity contribution in [3.63, 3.8) is 0 Å². The van der Waals surface area contributed by atoms with Gasteiger partial charge in [0.15, 0.2) is 0 Å². The number of hydrogen-bond donors (Lipinski definition) is 2. The number of rotatable bonds is 6. The average Bonchev–Trinajstić information content (AvgIpc) is 3.35. The molecule has 3 rings (SSSR count). The van der Waals surface area contributed by atoms with E-state index in [1.54, 1.807) is 65.8 Å². The fraction of sp³-hybridized carbons (Fsp3) is 0.167. The van der Waals surface area contributed by atoms with E-state index in [1.807, 2.05) is 0 Å². The first-order valence-corrected chi connectivity index (χ1v) is 8.34. The molecular weight excluding hydrogens is 356 g/mol. The third kappa shape index (κ3) is 4.52. The number of nitrogens with one attached hydrogen (secondary N) is 2. The number of halogens is 1. The molecule has 0 aliphatic carbocycles. The Morgan fingerprint density at radius 2 is 1.88 bits per heavy atom. The van der Waals surface area contributed by atoms with Gasteiger partial charge in [0.05, 0.1) is 6.26 Å². The minimum Gasteiger partial charge on any atom is -0.467 e. The lowest BCUT2D eigenvalue weighted by Gasteiger charge is -2.16. The van der Waals surface area contributed by atoms with E-state index >= 15 is 0 Å². The van der Waals surface area contributed by atoms with Gasteiger partial charge in [-0.1, -0.05) is 23.7 Å². The second-order valence-corrected chi connectivity index (χ2v) is 5.97. The first-order chi connectivity index (χ1) is 12.6. The lowest BCUT2D eigenvalue weighted by Crippen LogP contribution is -2.42. The van der Waals surface area contributed by atoms with Gasteiger partial charge in [-0.3, -0.25) is 14.3 Å². The summed E-state index contributed by atoms with van der Waals surface area (Å²) in [5.74, 6) is -0.795. The quantitative estimate of drug-likeness (QED) is 0.649. The molecule has 7 nitrogen and oxygen atoms in total. The number of benzene rings is 1. The molecule has 2 heterocycles. The molecule has 8 heteroatoms. The molecule has 0 fully saturated rings. The van der Waals surface area contributed by atoms with Gasteiger partial charge in [-0.05, 0) is 35.9 Å². The molecule has 0 aliphatic rings. The van der Waals surface area contributed by atoms with Crippen molar-refractivity contribution in [3.05, 3.63) is 77.5 Å². The summed E-state index contributed by atoms with van der Waals surface area (Å²) in [4.78, 5) is 24.0. The Bertz CT molecular complexity index is 811. The highest BCUT2D eigenvalue weighted by molar-refractivity contribution is 6.35. The zero-order chi connectivity index (χ0) is 18.4. The number of nitrogens with zero attached hydrogens (tertiary/aromatic N) is 2. The highest BCUT2D eigenvalue weighted by Gasteiger charge is 2.20. The van der Waals surface area contributed by atoms with Crippen LogP contribution in [0.4, 0.5) is 0 Å². The second kappa shape index (κ2) is 8.35. The second-order valence-electron chi connectivity index (χ2n) is 5.54. The molecule has 0 saturated heterocycles. The maximum atomic E-state index is 12.1. The van der Waals surface area contributed by atoms with Crippen molar-refractivity contribution in [2.45, 2.75) is 12.6 Å². The molecule has 0 saturated carbocycles. The maximum absolute atomic E-state index is 12.1. The van der Waals surface area contributed by atoms with Gasteiger partial charge < -0.3 is 15.1 Å². The van der Waals surface area contributed by atoms with Crippen LogP contribution in [0.1, 0.15) is 17.4 Å². The van der Waals surface area contributed by atoms with Crippen LogP contribution in [0.15, 0.2) is 65.5 Å². The maximum Gasteiger partial charge on any atom is 0.309 e. The Balaban J connectivity index is 1.54. The predicted molar refractivity (Wildman–Crippen MR) is 95.4 cm³/mol. The van der Waals surface area contributed by atoms with E-state index in [1.165, 1.54) is 0 Å². The van der Waals surface area contributed by atoms with Crippen molar-refractivity contribution in [2.75, 3.05) is 6.54 Å². The molecule has 0 spiro atoms. The number of carbonyl (C=O) groups is 2. The summed E-state index contributed by atoms with van der Waals surface area (Å²) in [6.07, 6.45) is 4.95. The van der Waals surface area contributed by atoms with Crippen molar-refractivity contribution >= 4 is 23.4 Å². The van der Waals surface area contributed by atoms with Crippen molar-refractivity contribution in [2.24, 2.45) is 0 Å². The van der Waals surface area contributed by atoms with Crippen LogP contribution >= 0.6 is 11.6 Å². The Morgan fingerprint density at radius 3 is 2.54 bits per heavy atom. The molecule has 0 aliphatic heterocycles. The van der Waals surface area contributed by atoms with Gasteiger partial charge in [0, 0.05) is 30.5 Å². The summed E-state index contributed by atoms with van der Waals surface area (Å²) in [6, 6.07) is 12.0. The van der Waals surface area contributed by atoms with Crippen LogP contribution < -0.4 is 10.6 Å². The smallest absolute Gasteiger partial charge is 0.309 e. The first-order valence-electron chi connectivity index (χ1n) is 7.96. The SMILES string of the molecule is O=C(NCc1ccc(Cl)cc1)C(=O)NCC(c1ccco1)n1cccn1. The summed E-state index contributed by atoms with van der Waals surface area (Å²) in [7, 11) is 0. The molecule has 0 bridgehead atoms. The molecule has 2 N–H and O–H groups in total. The summed E-state index contributed by atoms with van der Waals surface area (Å²) in [6.45, 7) is 0.409. The minimum atomic E-state index is -0.720. The van der Waals surface area contributed by atoms with Gasteiger partial charge in [-0.15, -0.1) is 0 Å². The van der Waals surface area contributed by atoms with Crippen LogP contribution in [-0.2, 0) is 16.1 Å². The molecule has 2 aromatic heterocycles. The lowest BCUT2D eigenvalue weighted by molar-refractivity contribution is -0.139. The van der Waals surface area contributed by atoms with E-state index in [9.17, 15) is 9.59 Å². The topological polar surface area (TPSA) is 89.2 Å². The van der Waals surface area contributed by atoms with Gasteiger partial charge >= 0.3 is 11.8 Å². The Kier molecular flexibility index (Phi) is 5.70. The molecule has 1 atom stereocenters. The molecule has 0 radical (unpaired) electrons. The van der Waals surface area contributed by atoms with Crippen LogP contribution in [0.2, 0.25) is 5.02 Å². The Morgan fingerprint density at radius 1 is 1.12 bits per heavy atom. The van der Waals surface area contributed by atoms with E-state index in [4.69, 9.17) is 16.0 Å². The fourth-order valence-electron chi connectivity index (χ4n) is 2.40. The highest BCUT2D eigenvalue weighted by Crippen LogP contribution is 2.17. The van der Waals surface area contributed by atoms with Gasteiger partial charge in [0.1, 0.15) is 11.8 Å². The van der Waals surface area contributed by atoms with Gasteiger partial charge in [0.2, 0.25) is 0 Å². The molecular formula is C18H17ClN4O3. The molecule has 26 heavy (non-hydrogen) atoms. The minimum absolute atomic E-state index is 0.169. The zero-order valence-corrected chi connectivity index (χ0v) is 14.5. The van der Waals surface area contributed by atoms with Gasteiger partial charge in [-0.2, -0.15) is 5.10 Å². The number of amides is 2. The van der Waals surface area contributed by atoms with Gasteiger partial charge in [-0.25, -0.2) is 0 Å². The van der Waals surface area contributed by atoms with Crippen molar-refractivity contribution in [1.82, 2.24) is 20.4 Å². The molecule has 2 amide bonds. The van der Waals surface area contributed by atoms with E-state index < -0.39 is 11.8 Å². The third-order valence-electron chi connectivity index (χ3n) is 3.74. The van der Waals surface area contributed by atoms with E-state index in [2.05, 4.69) is 15.7 Å². The monoisotopic (exact) mass is 372 g/mol. The lowest BCUT2D eigenvalue weighted by atomic mass is 10.2. The van der Waals surface area contributed by atoms with E-state index in [0.717, 1.165) is 5.56 Å². The van der Waals surface area contributed by atoms with Crippen LogP contribution in [-0.4, -0.2) is 28.1 Å². The van der Waals surface area contributed by atoms with Crippen molar-refractivity contribution in [3.8, 4) is 0 Å². The largest absolute Gasteiger partial charge is 0.467 e. The average molecular weight is 373 g/mol. The highest BCUT2D eigenvalue weighted by atomic mass is 35.5. The Labute approximate surface area is 154 Å². The number of hydrogen-bond acceptors (Lipinski definition) is 4. The first kappa shape index (κ1) is 17.8. The third-order valence-corrected chi connectivity index (χ3v) is 4.00. The van der Waals surface area contributed by atoms with Crippen molar-refractivity contribution < 1.29 is 14.0 Å². The molecule has 134 valence electrons. The number of aromatic nitrogens is 2. The summed E-state index contributed by atoms with van der Waals surface area (Å²) >= 11 is 5.81. The number of carbonyl (C=O) groups excluding carboxylic acids is 2. The number of furan rings is 1. The Hall–Kier alpha value is -3.06. The van der Waals surface area contributed by atoms with Crippen molar-refractivity contribution in [1.29, 1.82) is 0 Å². The standard InChI is InChI=1S/C18H17ClN4O3/c19-14-6-4-13(5-7-14)11-20-17(24)18(25)21-12-15(16-3-1-10-26-16)23-9-2-8-22-23/h1-10,15H,11-12H2,(H,20,24)(H,21,25). The molecule has 1 aromatic carbocycles. The van der Waals surface area contributed by atoms with E-state index in [-0.39, 0.29) is 19.1 Å². The van der Waals surface area contributed by atoms with Crippen LogP contribution in [0.3, 0.4) is 0 Å². The van der Waals surface area contributed by atoms with E-state index in [0.29, 0.717) is 10.8 Å². The molecule has 1 unspecified atom stereocenters. The molecule has 3 aromatic rings. The summed E-state index contributed by atoms with van der Waals surface area (Å²) in [5, 5.41) is 9.97. The summed E-state index contributed by atoms with van der Waals surface area (Å²) in [5.41, 5.74) is 0.848. The van der Waals surface area contributed by atoms with Crippen LogP contribution in [0, 0.1) is 0 Å². The van der Waals surface area contributed by atoms with Crippen LogP contribution in [0.5, 0.6) is 0 Å². The van der Waals surface area contributed by atoms with Crippen LogP contribution in [0.25, 0.3) is 0 Å². The predicted octanol–water partition coefficient (Wildman–Crippen LogP) is 2.15. The van der Waals surface area contributed by atoms with Gasteiger partial charge in [0.25, 0.3) is 0 Å². The summed E-state index contributed by atoms with van der Waals surface area (Å²) < 4.78 is 7.06. The zero-order valence-electron chi connectivity index (χ0n) is 13.8. The fourth-order valence-corrected chi connectivity index (χ4v) is 2.53.